The van der Waals surface area contributed by atoms with Crippen molar-refractivity contribution in [3.63, 3.8) is 0 Å². The number of hydrazone groups is 1. The van der Waals surface area contributed by atoms with Gasteiger partial charge < -0.3 is 4.74 Å². The standard InChI is InChI=1S/C14H12BrFIN3O2S/c1-2-22-13(21)4-9-7-23-14(19-9)20-18-6-8-3-12(17)10(15)5-11(8)16/h3,5-7H,2,4H2,1H3,(H,19,20). The summed E-state index contributed by atoms with van der Waals surface area (Å²) in [6.07, 6.45) is 1.51. The van der Waals surface area contributed by atoms with Crippen LogP contribution in [0, 0.1) is 9.39 Å². The van der Waals surface area contributed by atoms with Crippen LogP contribution in [0.15, 0.2) is 27.1 Å². The molecule has 1 aromatic heterocycles. The van der Waals surface area contributed by atoms with Crippen molar-refractivity contribution >= 4 is 67.2 Å². The molecule has 0 aliphatic carbocycles. The monoisotopic (exact) mass is 511 g/mol. The van der Waals surface area contributed by atoms with E-state index in [1.807, 2.05) is 0 Å². The molecule has 0 saturated carbocycles. The first-order chi connectivity index (χ1) is 11.0. The van der Waals surface area contributed by atoms with E-state index in [4.69, 9.17) is 4.74 Å². The lowest BCUT2D eigenvalue weighted by Gasteiger charge is -2.00. The second-order valence-electron chi connectivity index (χ2n) is 4.28. The van der Waals surface area contributed by atoms with Gasteiger partial charge >= 0.3 is 5.97 Å². The van der Waals surface area contributed by atoms with Crippen LogP contribution < -0.4 is 5.43 Å². The van der Waals surface area contributed by atoms with Gasteiger partial charge in [0.05, 0.1) is 24.9 Å². The zero-order chi connectivity index (χ0) is 16.8. The van der Waals surface area contributed by atoms with E-state index in [1.165, 1.54) is 23.6 Å². The number of carbonyl (C=O) groups is 1. The van der Waals surface area contributed by atoms with Gasteiger partial charge in [0, 0.05) is 19.0 Å². The number of hydrogen-bond donors (Lipinski definition) is 1. The average molecular weight is 512 g/mol. The largest absolute Gasteiger partial charge is 0.466 e. The van der Waals surface area contributed by atoms with Gasteiger partial charge in [-0.3, -0.25) is 10.2 Å². The van der Waals surface area contributed by atoms with Crippen molar-refractivity contribution < 1.29 is 13.9 Å². The number of carbonyl (C=O) groups excluding carboxylic acids is 1. The van der Waals surface area contributed by atoms with Gasteiger partial charge in [0.25, 0.3) is 0 Å². The van der Waals surface area contributed by atoms with Crippen molar-refractivity contribution in [2.45, 2.75) is 13.3 Å². The van der Waals surface area contributed by atoms with Gasteiger partial charge in [-0.25, -0.2) is 9.37 Å². The number of anilines is 1. The smallest absolute Gasteiger partial charge is 0.311 e. The molecule has 0 spiro atoms. The van der Waals surface area contributed by atoms with Gasteiger partial charge in [0.2, 0.25) is 5.13 Å². The summed E-state index contributed by atoms with van der Waals surface area (Å²) in [6.45, 7) is 2.10. The average Bonchev–Trinajstić information content (AvgIpc) is 2.92. The number of benzene rings is 1. The van der Waals surface area contributed by atoms with E-state index in [0.717, 1.165) is 3.57 Å². The predicted molar refractivity (Wildman–Crippen MR) is 100 cm³/mol. The molecule has 5 nitrogen and oxygen atoms in total. The van der Waals surface area contributed by atoms with E-state index < -0.39 is 0 Å². The lowest BCUT2D eigenvalue weighted by Crippen LogP contribution is -2.07. The Bertz CT molecular complexity index is 739. The molecule has 9 heteroatoms. The Morgan fingerprint density at radius 1 is 1.61 bits per heavy atom. The number of aromatic nitrogens is 1. The van der Waals surface area contributed by atoms with Crippen LogP contribution in [-0.2, 0) is 16.0 Å². The third kappa shape index (κ3) is 5.50. The fourth-order valence-electron chi connectivity index (χ4n) is 1.59. The Hall–Kier alpha value is -1.07. The van der Waals surface area contributed by atoms with E-state index in [9.17, 15) is 9.18 Å². The number of nitrogens with zero attached hydrogens (tertiary/aromatic N) is 2. The lowest BCUT2D eigenvalue weighted by atomic mass is 10.2. The predicted octanol–water partition coefficient (Wildman–Crippen LogP) is 4.20. The van der Waals surface area contributed by atoms with Crippen molar-refractivity contribution in [1.82, 2.24) is 4.98 Å². The summed E-state index contributed by atoms with van der Waals surface area (Å²) in [5, 5.41) is 6.24. The molecule has 0 atom stereocenters. The minimum absolute atomic E-state index is 0.120. The fraction of sp³-hybridized carbons (Fsp3) is 0.214. The van der Waals surface area contributed by atoms with E-state index >= 15 is 0 Å². The van der Waals surface area contributed by atoms with Crippen LogP contribution in [0.4, 0.5) is 9.52 Å². The Kier molecular flexibility index (Phi) is 6.90. The van der Waals surface area contributed by atoms with Crippen LogP contribution in [0.2, 0.25) is 0 Å². The molecule has 23 heavy (non-hydrogen) atoms. The van der Waals surface area contributed by atoms with Gasteiger partial charge in [-0.05, 0) is 57.6 Å². The third-order valence-electron chi connectivity index (χ3n) is 2.59. The highest BCUT2D eigenvalue weighted by molar-refractivity contribution is 14.1. The van der Waals surface area contributed by atoms with Gasteiger partial charge in [-0.2, -0.15) is 5.10 Å². The Balaban J connectivity index is 1.97. The number of esters is 1. The summed E-state index contributed by atoms with van der Waals surface area (Å²) in [4.78, 5) is 15.6. The van der Waals surface area contributed by atoms with E-state index in [2.05, 4.69) is 54.0 Å². The first kappa shape index (κ1) is 18.3. The number of rotatable bonds is 6. The third-order valence-corrected chi connectivity index (χ3v) is 5.67. The van der Waals surface area contributed by atoms with Gasteiger partial charge in [0.15, 0.2) is 0 Å². The summed E-state index contributed by atoms with van der Waals surface area (Å²) in [7, 11) is 0. The number of hydrogen-bond acceptors (Lipinski definition) is 6. The van der Waals surface area contributed by atoms with Crippen LogP contribution in [0.3, 0.4) is 0 Å². The van der Waals surface area contributed by atoms with E-state index in [-0.39, 0.29) is 18.2 Å². The quantitative estimate of drug-likeness (QED) is 0.207. The van der Waals surface area contributed by atoms with Crippen molar-refractivity contribution in [2.24, 2.45) is 5.10 Å². The molecule has 0 unspecified atom stereocenters. The molecule has 0 saturated heterocycles. The minimum Gasteiger partial charge on any atom is -0.466 e. The molecule has 2 rings (SSSR count). The highest BCUT2D eigenvalue weighted by Gasteiger charge is 2.08. The van der Waals surface area contributed by atoms with Gasteiger partial charge in [0.1, 0.15) is 5.82 Å². The molecular formula is C14H12BrFIN3O2S. The van der Waals surface area contributed by atoms with Crippen LogP contribution in [-0.4, -0.2) is 23.8 Å². The summed E-state index contributed by atoms with van der Waals surface area (Å²) >= 11 is 6.67. The maximum Gasteiger partial charge on any atom is 0.311 e. The molecule has 0 aliphatic heterocycles. The summed E-state index contributed by atoms with van der Waals surface area (Å²) < 4.78 is 20.2. The SMILES string of the molecule is CCOC(=O)Cc1csc(NN=Cc2cc(I)c(Br)cc2F)n1. The number of thiazole rings is 1. The molecule has 122 valence electrons. The number of halogens is 3. The molecular weight excluding hydrogens is 500 g/mol. The van der Waals surface area contributed by atoms with Crippen LogP contribution in [0.1, 0.15) is 18.2 Å². The first-order valence-electron chi connectivity index (χ1n) is 6.53. The number of ether oxygens (including phenoxy) is 1. The van der Waals surface area contributed by atoms with Crippen LogP contribution in [0.25, 0.3) is 0 Å². The second-order valence-corrected chi connectivity index (χ2v) is 7.16. The molecule has 0 fully saturated rings. The summed E-state index contributed by atoms with van der Waals surface area (Å²) in [5.41, 5.74) is 3.70. The van der Waals surface area contributed by atoms with Gasteiger partial charge in [-0.1, -0.05) is 0 Å². The fourth-order valence-corrected chi connectivity index (χ4v) is 3.06. The highest BCUT2D eigenvalue weighted by atomic mass is 127. The first-order valence-corrected chi connectivity index (χ1v) is 9.28. The molecule has 1 heterocycles. The molecule has 0 aliphatic rings. The lowest BCUT2D eigenvalue weighted by molar-refractivity contribution is -0.142. The zero-order valence-corrected chi connectivity index (χ0v) is 16.5. The summed E-state index contributed by atoms with van der Waals surface area (Å²) in [5.74, 6) is -0.690. The van der Waals surface area contributed by atoms with Crippen molar-refractivity contribution in [2.75, 3.05) is 12.0 Å². The molecule has 0 radical (unpaired) electrons. The van der Waals surface area contributed by atoms with Crippen molar-refractivity contribution in [3.8, 4) is 0 Å². The van der Waals surface area contributed by atoms with Crippen LogP contribution >= 0.6 is 49.9 Å². The molecule has 1 N–H and O–H groups in total. The number of nitrogens with one attached hydrogen (secondary N) is 1. The Labute approximate surface area is 158 Å². The van der Waals surface area contributed by atoms with Crippen molar-refractivity contribution in [1.29, 1.82) is 0 Å². The maximum atomic E-state index is 13.8. The minimum atomic E-state index is -0.370. The van der Waals surface area contributed by atoms with Gasteiger partial charge in [-0.15, -0.1) is 11.3 Å². The van der Waals surface area contributed by atoms with E-state index in [0.29, 0.717) is 27.5 Å². The Morgan fingerprint density at radius 2 is 2.39 bits per heavy atom. The topological polar surface area (TPSA) is 63.6 Å². The van der Waals surface area contributed by atoms with E-state index in [1.54, 1.807) is 18.4 Å². The molecule has 1 aromatic carbocycles. The molecule has 0 amide bonds. The summed E-state index contributed by atoms with van der Waals surface area (Å²) in [6, 6.07) is 3.07. The Morgan fingerprint density at radius 3 is 3.13 bits per heavy atom. The van der Waals surface area contributed by atoms with Crippen LogP contribution in [0.5, 0.6) is 0 Å². The molecule has 2 aromatic rings. The second kappa shape index (κ2) is 8.69. The maximum absolute atomic E-state index is 13.8. The highest BCUT2D eigenvalue weighted by Crippen LogP contribution is 2.22. The normalized spacial score (nSPS) is 11.0. The zero-order valence-electron chi connectivity index (χ0n) is 12.0. The molecule has 0 bridgehead atoms. The van der Waals surface area contributed by atoms with Crippen molar-refractivity contribution in [3.05, 3.63) is 42.6 Å².